The monoisotopic (exact) mass is 271 g/mol. The minimum atomic E-state index is -4.42. The van der Waals surface area contributed by atoms with Crippen LogP contribution in [-0.4, -0.2) is 41.8 Å². The van der Waals surface area contributed by atoms with Crippen LogP contribution in [0.3, 0.4) is 0 Å². The van der Waals surface area contributed by atoms with E-state index in [0.29, 0.717) is 0 Å². The van der Waals surface area contributed by atoms with E-state index < -0.39 is 49.5 Å². The van der Waals surface area contributed by atoms with Crippen LogP contribution in [0.1, 0.15) is 12.8 Å². The van der Waals surface area contributed by atoms with Gasteiger partial charge in [-0.05, 0) is 0 Å². The molecule has 0 saturated heterocycles. The van der Waals surface area contributed by atoms with Gasteiger partial charge in [-0.1, -0.05) is 0 Å². The summed E-state index contributed by atoms with van der Waals surface area (Å²) in [6.45, 7) is -0.696. The Hall–Kier alpha value is -2.00. The fourth-order valence-corrected chi connectivity index (χ4v) is 0.928. The number of carboxylic acids is 1. The van der Waals surface area contributed by atoms with E-state index in [1.54, 1.807) is 0 Å². The lowest BCUT2D eigenvalue weighted by molar-refractivity contribution is -0.141. The first-order valence-corrected chi connectivity index (χ1v) is 4.74. The number of rotatable bonds is 6. The average Bonchev–Trinajstić information content (AvgIpc) is 2.13. The summed E-state index contributed by atoms with van der Waals surface area (Å²) in [6.07, 6.45) is -6.32. The molecule has 0 aromatic rings. The molecule has 0 bridgehead atoms. The minimum Gasteiger partial charge on any atom is -0.480 e. The summed E-state index contributed by atoms with van der Waals surface area (Å²) in [5.74, 6) is -2.47. The van der Waals surface area contributed by atoms with Gasteiger partial charge in [0, 0.05) is 6.54 Å². The second-order valence-electron chi connectivity index (χ2n) is 3.33. The van der Waals surface area contributed by atoms with Gasteiger partial charge in [0.05, 0.1) is 12.8 Å². The van der Waals surface area contributed by atoms with E-state index in [1.807, 2.05) is 10.6 Å². The molecule has 0 unspecified atom stereocenters. The second-order valence-corrected chi connectivity index (χ2v) is 3.33. The van der Waals surface area contributed by atoms with Crippen LogP contribution in [0.2, 0.25) is 0 Å². The molecule has 0 heterocycles. The van der Waals surface area contributed by atoms with Crippen molar-refractivity contribution in [2.75, 3.05) is 6.54 Å². The predicted octanol–water partition coefficient (Wildman–Crippen LogP) is -0.433. The molecular weight excluding hydrogens is 259 g/mol. The van der Waals surface area contributed by atoms with E-state index in [4.69, 9.17) is 10.8 Å². The molecule has 0 aliphatic rings. The summed E-state index contributed by atoms with van der Waals surface area (Å²) in [4.78, 5) is 32.1. The number of alkyl halides is 3. The van der Waals surface area contributed by atoms with Crippen molar-refractivity contribution in [2.45, 2.75) is 25.1 Å². The van der Waals surface area contributed by atoms with E-state index in [2.05, 4.69) is 0 Å². The van der Waals surface area contributed by atoms with Gasteiger partial charge in [-0.25, -0.2) is 9.59 Å². The molecule has 0 rings (SSSR count). The van der Waals surface area contributed by atoms with Crippen molar-refractivity contribution in [3.05, 3.63) is 0 Å². The third-order valence-electron chi connectivity index (χ3n) is 1.70. The standard InChI is InChI=1S/C8H12F3N3O4/c9-8(10,11)1-2-13-7(18)14-4(6(16)17)3-5(12)15/h4H,1-3H2,(H2,12,15)(H,16,17)(H2,13,14,18)/t4-/m0/s1. The Morgan fingerprint density at radius 2 is 1.83 bits per heavy atom. The molecule has 5 N–H and O–H groups in total. The lowest BCUT2D eigenvalue weighted by Gasteiger charge is -2.14. The van der Waals surface area contributed by atoms with Crippen LogP contribution >= 0.6 is 0 Å². The maximum Gasteiger partial charge on any atom is 0.390 e. The molecule has 0 saturated carbocycles. The van der Waals surface area contributed by atoms with Gasteiger partial charge in [0.1, 0.15) is 6.04 Å². The second kappa shape index (κ2) is 6.67. The molecule has 104 valence electrons. The SMILES string of the molecule is NC(=O)C[C@H](NC(=O)NCCC(F)(F)F)C(=O)O. The Morgan fingerprint density at radius 3 is 2.22 bits per heavy atom. The van der Waals surface area contributed by atoms with Gasteiger partial charge in [-0.2, -0.15) is 13.2 Å². The molecule has 0 aliphatic carbocycles. The van der Waals surface area contributed by atoms with Gasteiger partial charge in [-0.15, -0.1) is 0 Å². The van der Waals surface area contributed by atoms with Crippen molar-refractivity contribution in [1.29, 1.82) is 0 Å². The molecule has 0 spiro atoms. The molecular formula is C8H12F3N3O4. The zero-order valence-electron chi connectivity index (χ0n) is 9.08. The Balaban J connectivity index is 4.11. The number of amides is 3. The van der Waals surface area contributed by atoms with Gasteiger partial charge in [0.25, 0.3) is 0 Å². The number of carbonyl (C=O) groups excluding carboxylic acids is 2. The first-order valence-electron chi connectivity index (χ1n) is 4.74. The number of halogens is 3. The first-order chi connectivity index (χ1) is 8.11. The normalized spacial score (nSPS) is 12.6. The van der Waals surface area contributed by atoms with E-state index in [0.717, 1.165) is 0 Å². The van der Waals surface area contributed by atoms with Crippen molar-refractivity contribution in [3.8, 4) is 0 Å². The molecule has 18 heavy (non-hydrogen) atoms. The number of hydrogen-bond acceptors (Lipinski definition) is 3. The van der Waals surface area contributed by atoms with Gasteiger partial charge >= 0.3 is 18.2 Å². The van der Waals surface area contributed by atoms with Crippen LogP contribution in [0.15, 0.2) is 0 Å². The van der Waals surface area contributed by atoms with Crippen LogP contribution in [0, 0.1) is 0 Å². The van der Waals surface area contributed by atoms with Gasteiger partial charge < -0.3 is 21.5 Å². The van der Waals surface area contributed by atoms with Crippen molar-refractivity contribution < 1.29 is 32.7 Å². The van der Waals surface area contributed by atoms with E-state index in [1.165, 1.54) is 0 Å². The molecule has 0 radical (unpaired) electrons. The van der Waals surface area contributed by atoms with Crippen molar-refractivity contribution in [1.82, 2.24) is 10.6 Å². The molecule has 0 fully saturated rings. The molecule has 7 nitrogen and oxygen atoms in total. The lowest BCUT2D eigenvalue weighted by Crippen LogP contribution is -2.48. The summed E-state index contributed by atoms with van der Waals surface area (Å²) in [5, 5.41) is 12.2. The quantitative estimate of drug-likeness (QED) is 0.523. The number of aliphatic carboxylic acids is 1. The van der Waals surface area contributed by atoms with Crippen LogP contribution < -0.4 is 16.4 Å². The highest BCUT2D eigenvalue weighted by molar-refractivity contribution is 5.87. The number of urea groups is 1. The van der Waals surface area contributed by atoms with Crippen molar-refractivity contribution in [3.63, 3.8) is 0 Å². The smallest absolute Gasteiger partial charge is 0.390 e. The summed E-state index contributed by atoms with van der Waals surface area (Å²) in [6, 6.07) is -2.69. The Kier molecular flexibility index (Phi) is 5.93. The number of nitrogens with two attached hydrogens (primary N) is 1. The maximum atomic E-state index is 11.7. The summed E-state index contributed by atoms with van der Waals surface area (Å²) >= 11 is 0. The Morgan fingerprint density at radius 1 is 1.28 bits per heavy atom. The third kappa shape index (κ3) is 8.19. The summed E-state index contributed by atoms with van der Waals surface area (Å²) < 4.78 is 35.2. The molecule has 10 heteroatoms. The highest BCUT2D eigenvalue weighted by atomic mass is 19.4. The lowest BCUT2D eigenvalue weighted by atomic mass is 10.2. The van der Waals surface area contributed by atoms with E-state index >= 15 is 0 Å². The molecule has 0 aromatic carbocycles. The number of carbonyl (C=O) groups is 3. The highest BCUT2D eigenvalue weighted by Gasteiger charge is 2.27. The van der Waals surface area contributed by atoms with Gasteiger partial charge in [-0.3, -0.25) is 4.79 Å². The number of carboxylic acid groups (broad SMARTS) is 1. The fourth-order valence-electron chi connectivity index (χ4n) is 0.928. The van der Waals surface area contributed by atoms with Gasteiger partial charge in [0.15, 0.2) is 0 Å². The first kappa shape index (κ1) is 16.0. The Labute approximate surface area is 99.5 Å². The van der Waals surface area contributed by atoms with Crippen LogP contribution in [0.25, 0.3) is 0 Å². The third-order valence-corrected chi connectivity index (χ3v) is 1.70. The van der Waals surface area contributed by atoms with Crippen LogP contribution in [0.5, 0.6) is 0 Å². The minimum absolute atomic E-state index is 0.651. The van der Waals surface area contributed by atoms with Crippen molar-refractivity contribution in [2.24, 2.45) is 5.73 Å². The van der Waals surface area contributed by atoms with E-state index in [9.17, 15) is 27.6 Å². The van der Waals surface area contributed by atoms with E-state index in [-0.39, 0.29) is 0 Å². The van der Waals surface area contributed by atoms with Gasteiger partial charge in [0.2, 0.25) is 5.91 Å². The molecule has 0 aromatic heterocycles. The average molecular weight is 271 g/mol. The summed E-state index contributed by atoms with van der Waals surface area (Å²) in [7, 11) is 0. The van der Waals surface area contributed by atoms with Crippen molar-refractivity contribution >= 4 is 17.9 Å². The maximum absolute atomic E-state index is 11.7. The number of primary amides is 1. The largest absolute Gasteiger partial charge is 0.480 e. The highest BCUT2D eigenvalue weighted by Crippen LogP contribution is 2.17. The van der Waals surface area contributed by atoms with Crippen LogP contribution in [0.4, 0.5) is 18.0 Å². The molecule has 3 amide bonds. The van der Waals surface area contributed by atoms with Crippen LogP contribution in [-0.2, 0) is 9.59 Å². The zero-order valence-corrected chi connectivity index (χ0v) is 9.08. The Bertz CT molecular complexity index is 332. The zero-order chi connectivity index (χ0) is 14.3. The number of hydrogen-bond donors (Lipinski definition) is 4. The number of nitrogens with one attached hydrogen (secondary N) is 2. The molecule has 0 aliphatic heterocycles. The summed E-state index contributed by atoms with van der Waals surface area (Å²) in [5.41, 5.74) is 4.74. The molecule has 1 atom stereocenters. The topological polar surface area (TPSA) is 122 Å². The predicted molar refractivity (Wildman–Crippen MR) is 52.4 cm³/mol. The fraction of sp³-hybridized carbons (Fsp3) is 0.625.